The standard InChI is InChI=1S/C30H31ClFNO4/c1-18(33-12-11-20(15-32)16-33)17-36-24-7-3-21(4-8-24)30-29(22-5-10-27(35)26(31)13-22)19(2)25-9-6-23(34)14-28(25)37-30/h3-10,13-14,18,20,30,34-35H,11-12,15-17H2,1-2H3/t18-,20-,30?/m0/s1. The largest absolute Gasteiger partial charge is 0.508 e. The van der Waals surface area contributed by atoms with Gasteiger partial charge in [0, 0.05) is 35.7 Å². The van der Waals surface area contributed by atoms with E-state index in [0.29, 0.717) is 12.4 Å². The number of likely N-dealkylation sites (tertiary alicyclic amines) is 1. The van der Waals surface area contributed by atoms with Gasteiger partial charge in [0.2, 0.25) is 0 Å². The van der Waals surface area contributed by atoms with Gasteiger partial charge in [-0.15, -0.1) is 0 Å². The van der Waals surface area contributed by atoms with Crippen LogP contribution in [0, 0.1) is 5.92 Å². The van der Waals surface area contributed by atoms with Gasteiger partial charge in [-0.05, 0) is 79.9 Å². The fourth-order valence-corrected chi connectivity index (χ4v) is 5.35. The molecule has 2 aliphatic rings. The maximum atomic E-state index is 13.0. The summed E-state index contributed by atoms with van der Waals surface area (Å²) in [6.45, 7) is 6.09. The van der Waals surface area contributed by atoms with Crippen LogP contribution in [0.3, 0.4) is 0 Å². The number of allylic oxidation sites excluding steroid dienone is 1. The quantitative estimate of drug-likeness (QED) is 0.353. The van der Waals surface area contributed by atoms with Gasteiger partial charge in [-0.25, -0.2) is 0 Å². The summed E-state index contributed by atoms with van der Waals surface area (Å²) in [7, 11) is 0. The van der Waals surface area contributed by atoms with Crippen LogP contribution in [0.1, 0.15) is 43.1 Å². The molecule has 3 atom stereocenters. The third kappa shape index (κ3) is 5.27. The summed E-state index contributed by atoms with van der Waals surface area (Å²) in [6, 6.07) is 18.3. The Morgan fingerprint density at radius 2 is 1.89 bits per heavy atom. The summed E-state index contributed by atoms with van der Waals surface area (Å²) < 4.78 is 25.5. The topological polar surface area (TPSA) is 62.2 Å². The smallest absolute Gasteiger partial charge is 0.150 e. The number of nitrogens with zero attached hydrogens (tertiary/aromatic N) is 1. The van der Waals surface area contributed by atoms with E-state index < -0.39 is 6.10 Å². The zero-order valence-corrected chi connectivity index (χ0v) is 21.7. The molecular weight excluding hydrogens is 493 g/mol. The summed E-state index contributed by atoms with van der Waals surface area (Å²) in [4.78, 5) is 2.28. The van der Waals surface area contributed by atoms with Crippen molar-refractivity contribution in [2.24, 2.45) is 5.92 Å². The van der Waals surface area contributed by atoms with Crippen LogP contribution in [-0.2, 0) is 0 Å². The van der Waals surface area contributed by atoms with E-state index in [-0.39, 0.29) is 35.2 Å². The molecule has 1 saturated heterocycles. The Morgan fingerprint density at radius 3 is 2.59 bits per heavy atom. The minimum Gasteiger partial charge on any atom is -0.508 e. The van der Waals surface area contributed by atoms with E-state index in [4.69, 9.17) is 21.1 Å². The van der Waals surface area contributed by atoms with Gasteiger partial charge >= 0.3 is 0 Å². The average Bonchev–Trinajstić information content (AvgIpc) is 3.39. The molecule has 0 aliphatic carbocycles. The van der Waals surface area contributed by atoms with E-state index in [2.05, 4.69) is 11.8 Å². The van der Waals surface area contributed by atoms with E-state index in [1.165, 1.54) is 0 Å². The van der Waals surface area contributed by atoms with Crippen molar-refractivity contribution < 1.29 is 24.1 Å². The molecule has 0 spiro atoms. The molecule has 7 heteroatoms. The fourth-order valence-electron chi connectivity index (χ4n) is 5.17. The molecule has 0 radical (unpaired) electrons. The normalized spacial score (nSPS) is 20.4. The molecule has 194 valence electrons. The van der Waals surface area contributed by atoms with Crippen LogP contribution < -0.4 is 9.47 Å². The molecule has 2 heterocycles. The van der Waals surface area contributed by atoms with Crippen LogP contribution in [0.5, 0.6) is 23.0 Å². The van der Waals surface area contributed by atoms with Gasteiger partial charge in [-0.3, -0.25) is 9.29 Å². The Kier molecular flexibility index (Phi) is 7.31. The van der Waals surface area contributed by atoms with E-state index in [1.54, 1.807) is 24.3 Å². The molecule has 0 bridgehead atoms. The zero-order valence-electron chi connectivity index (χ0n) is 21.0. The maximum Gasteiger partial charge on any atom is 0.150 e. The summed E-state index contributed by atoms with van der Waals surface area (Å²) in [5, 5.41) is 20.3. The molecule has 3 aromatic carbocycles. The highest BCUT2D eigenvalue weighted by atomic mass is 35.5. The first-order chi connectivity index (χ1) is 17.8. The Labute approximate surface area is 221 Å². The summed E-state index contributed by atoms with van der Waals surface area (Å²) in [6.07, 6.45) is 0.449. The molecule has 1 unspecified atom stereocenters. The number of phenolic OH excluding ortho intramolecular Hbond substituents is 2. The average molecular weight is 524 g/mol. The van der Waals surface area contributed by atoms with Crippen molar-refractivity contribution in [3.05, 3.63) is 82.4 Å². The van der Waals surface area contributed by atoms with Crippen molar-refractivity contribution in [3.8, 4) is 23.0 Å². The van der Waals surface area contributed by atoms with Gasteiger partial charge in [0.05, 0.1) is 11.7 Å². The van der Waals surface area contributed by atoms with Crippen molar-refractivity contribution in [2.45, 2.75) is 32.4 Å². The Bertz CT molecular complexity index is 1310. The number of benzene rings is 3. The number of ether oxygens (including phenoxy) is 2. The van der Waals surface area contributed by atoms with Crippen LogP contribution in [0.2, 0.25) is 5.02 Å². The van der Waals surface area contributed by atoms with Crippen LogP contribution in [-0.4, -0.2) is 47.5 Å². The molecule has 2 N–H and O–H groups in total. The molecular formula is C30H31ClFNO4. The molecule has 37 heavy (non-hydrogen) atoms. The third-order valence-electron chi connectivity index (χ3n) is 7.37. The molecule has 3 aromatic rings. The molecule has 1 fully saturated rings. The molecule has 2 aliphatic heterocycles. The third-order valence-corrected chi connectivity index (χ3v) is 7.67. The number of fused-ring (bicyclic) bond motifs is 1. The maximum absolute atomic E-state index is 13.0. The predicted molar refractivity (Wildman–Crippen MR) is 144 cm³/mol. The SMILES string of the molecule is CC1=C(c2ccc(O)c(Cl)c2)C(c2ccc(OC[C@H](C)N3CC[C@@H](CF)C3)cc2)Oc2cc(O)ccc21. The summed E-state index contributed by atoms with van der Waals surface area (Å²) in [5.41, 5.74) is 4.57. The first-order valence-corrected chi connectivity index (χ1v) is 12.9. The number of alkyl halides is 1. The monoisotopic (exact) mass is 523 g/mol. The van der Waals surface area contributed by atoms with E-state index in [0.717, 1.165) is 53.1 Å². The lowest BCUT2D eigenvalue weighted by Crippen LogP contribution is -2.35. The van der Waals surface area contributed by atoms with Crippen LogP contribution in [0.25, 0.3) is 11.1 Å². The van der Waals surface area contributed by atoms with Crippen molar-refractivity contribution in [2.75, 3.05) is 26.4 Å². The van der Waals surface area contributed by atoms with Crippen molar-refractivity contribution in [3.63, 3.8) is 0 Å². The van der Waals surface area contributed by atoms with Crippen molar-refractivity contribution in [1.82, 2.24) is 4.90 Å². The molecule has 5 nitrogen and oxygen atoms in total. The Morgan fingerprint density at radius 1 is 1.11 bits per heavy atom. The summed E-state index contributed by atoms with van der Waals surface area (Å²) >= 11 is 6.25. The Hall–Kier alpha value is -3.22. The van der Waals surface area contributed by atoms with Crippen LogP contribution in [0.15, 0.2) is 60.7 Å². The van der Waals surface area contributed by atoms with Crippen molar-refractivity contribution in [1.29, 1.82) is 0 Å². The van der Waals surface area contributed by atoms with Crippen molar-refractivity contribution >= 4 is 22.7 Å². The number of aromatic hydroxyl groups is 2. The lowest BCUT2D eigenvalue weighted by Gasteiger charge is -2.31. The second-order valence-corrected chi connectivity index (χ2v) is 10.3. The second-order valence-electron chi connectivity index (χ2n) is 9.92. The van der Waals surface area contributed by atoms with Crippen LogP contribution in [0.4, 0.5) is 4.39 Å². The van der Waals surface area contributed by atoms with Gasteiger partial charge < -0.3 is 19.7 Å². The number of hydrogen-bond acceptors (Lipinski definition) is 5. The minimum atomic E-state index is -0.454. The number of rotatable bonds is 7. The predicted octanol–water partition coefficient (Wildman–Crippen LogP) is 6.87. The number of hydrogen-bond donors (Lipinski definition) is 2. The first-order valence-electron chi connectivity index (χ1n) is 12.6. The van der Waals surface area contributed by atoms with E-state index in [1.807, 2.05) is 43.3 Å². The van der Waals surface area contributed by atoms with Gasteiger partial charge in [0.1, 0.15) is 35.7 Å². The highest BCUT2D eigenvalue weighted by Crippen LogP contribution is 2.48. The van der Waals surface area contributed by atoms with E-state index in [9.17, 15) is 14.6 Å². The second kappa shape index (κ2) is 10.6. The molecule has 5 rings (SSSR count). The highest BCUT2D eigenvalue weighted by Gasteiger charge is 2.30. The molecule has 0 saturated carbocycles. The number of phenols is 2. The van der Waals surface area contributed by atoms with Gasteiger partial charge in [-0.1, -0.05) is 29.8 Å². The van der Waals surface area contributed by atoms with Gasteiger partial charge in [0.25, 0.3) is 0 Å². The summed E-state index contributed by atoms with van der Waals surface area (Å²) in [5.74, 6) is 1.64. The lowest BCUT2D eigenvalue weighted by molar-refractivity contribution is 0.165. The lowest BCUT2D eigenvalue weighted by atomic mass is 9.86. The first kappa shape index (κ1) is 25.4. The van der Waals surface area contributed by atoms with Gasteiger partial charge in [-0.2, -0.15) is 0 Å². The zero-order chi connectivity index (χ0) is 26.1. The fraction of sp³-hybridized carbons (Fsp3) is 0.333. The minimum absolute atomic E-state index is 0.0205. The Balaban J connectivity index is 1.39. The van der Waals surface area contributed by atoms with E-state index >= 15 is 0 Å². The molecule has 0 amide bonds. The number of halogens is 2. The van der Waals surface area contributed by atoms with Gasteiger partial charge in [0.15, 0.2) is 0 Å². The molecule has 0 aromatic heterocycles. The van der Waals surface area contributed by atoms with Crippen LogP contribution >= 0.6 is 11.6 Å². The highest BCUT2D eigenvalue weighted by molar-refractivity contribution is 6.32.